The number of rotatable bonds is 3. The molecule has 0 heterocycles. The first-order chi connectivity index (χ1) is 9.82. The van der Waals surface area contributed by atoms with Gasteiger partial charge in [-0.3, -0.25) is 0 Å². The summed E-state index contributed by atoms with van der Waals surface area (Å²) in [5.41, 5.74) is 4.07. The Bertz CT molecular complexity index is 569. The predicted molar refractivity (Wildman–Crippen MR) is 92.2 cm³/mol. The molecule has 0 amide bonds. The van der Waals surface area contributed by atoms with Crippen LogP contribution >= 0.6 is 12.4 Å². The van der Waals surface area contributed by atoms with Gasteiger partial charge < -0.3 is 0 Å². The van der Waals surface area contributed by atoms with Crippen molar-refractivity contribution < 1.29 is 0 Å². The molecular formula is C19H16ClSn. The summed E-state index contributed by atoms with van der Waals surface area (Å²) >= 11 is 1.48. The molecule has 0 aliphatic heterocycles. The summed E-state index contributed by atoms with van der Waals surface area (Å²) in [6, 6.07) is 32.4. The van der Waals surface area contributed by atoms with Crippen molar-refractivity contribution in [2.45, 2.75) is 3.43 Å². The van der Waals surface area contributed by atoms with E-state index in [1.54, 1.807) is 0 Å². The Kier molecular flexibility index (Phi) is 5.49. The average molecular weight is 399 g/mol. The molecule has 0 fully saturated rings. The van der Waals surface area contributed by atoms with Crippen LogP contribution in [0.3, 0.4) is 0 Å². The van der Waals surface area contributed by atoms with Crippen molar-refractivity contribution in [1.82, 2.24) is 0 Å². The number of hydrogen-bond acceptors (Lipinski definition) is 0. The summed E-state index contributed by atoms with van der Waals surface area (Å²) in [5.74, 6) is 0. The fraction of sp³-hybridized carbons (Fsp3) is 0.0526. The molecule has 3 aromatic rings. The van der Waals surface area contributed by atoms with E-state index in [4.69, 9.17) is 0 Å². The van der Waals surface area contributed by atoms with Crippen LogP contribution in [0, 0.1) is 0 Å². The zero-order valence-electron chi connectivity index (χ0n) is 11.6. The number of benzene rings is 3. The molecule has 21 heavy (non-hydrogen) atoms. The summed E-state index contributed by atoms with van der Waals surface area (Å²) in [6.45, 7) is 0. The van der Waals surface area contributed by atoms with E-state index in [0.29, 0.717) is 0 Å². The van der Waals surface area contributed by atoms with Crippen LogP contribution in [0.2, 0.25) is 0 Å². The Morgan fingerprint density at radius 1 is 0.476 bits per heavy atom. The Morgan fingerprint density at radius 3 is 0.952 bits per heavy atom. The van der Waals surface area contributed by atoms with Crippen molar-refractivity contribution in [3.63, 3.8) is 0 Å². The van der Waals surface area contributed by atoms with Crippen LogP contribution in [0.5, 0.6) is 0 Å². The van der Waals surface area contributed by atoms with Crippen molar-refractivity contribution in [2.75, 3.05) is 0 Å². The SMILES string of the molecule is Cl.[Sn][C](c1ccccc1)(c1ccccc1)c1ccccc1. The molecule has 0 saturated heterocycles. The molecule has 0 bridgehead atoms. The van der Waals surface area contributed by atoms with E-state index in [-0.39, 0.29) is 15.8 Å². The van der Waals surface area contributed by atoms with Crippen molar-refractivity contribution in [2.24, 2.45) is 0 Å². The zero-order chi connectivity index (χ0) is 13.8. The van der Waals surface area contributed by atoms with Crippen LogP contribution in [-0.2, 0) is 3.43 Å². The second-order valence-corrected chi connectivity index (χ2v) is 6.99. The standard InChI is InChI=1S/C19H15.ClH.Sn/c1-4-10-16(11-5-1)19(17-12-6-2-7-13-17)18-14-8-3-9-15-18;;/h1-15H;1H;. The van der Waals surface area contributed by atoms with E-state index in [0.717, 1.165) is 0 Å². The summed E-state index contributed by atoms with van der Waals surface area (Å²) in [6.07, 6.45) is 0. The van der Waals surface area contributed by atoms with Crippen LogP contribution in [-0.4, -0.2) is 22.5 Å². The number of halogens is 1. The molecule has 0 aliphatic rings. The van der Waals surface area contributed by atoms with Gasteiger partial charge in [0.05, 0.1) is 0 Å². The van der Waals surface area contributed by atoms with Gasteiger partial charge in [-0.25, -0.2) is 0 Å². The van der Waals surface area contributed by atoms with Gasteiger partial charge in [0.2, 0.25) is 0 Å². The van der Waals surface area contributed by atoms with Gasteiger partial charge in [0.1, 0.15) is 0 Å². The molecule has 0 saturated carbocycles. The van der Waals surface area contributed by atoms with Crippen LogP contribution in [0.1, 0.15) is 16.7 Å². The molecule has 3 radical (unpaired) electrons. The van der Waals surface area contributed by atoms with Gasteiger partial charge in [0.25, 0.3) is 0 Å². The van der Waals surface area contributed by atoms with Gasteiger partial charge in [-0.2, -0.15) is 0 Å². The first-order valence-electron chi connectivity index (χ1n) is 6.73. The maximum absolute atomic E-state index is 2.23. The van der Waals surface area contributed by atoms with E-state index in [1.165, 1.54) is 39.2 Å². The van der Waals surface area contributed by atoms with Crippen molar-refractivity contribution in [3.05, 3.63) is 108 Å². The number of hydrogen-bond donors (Lipinski definition) is 0. The quantitative estimate of drug-likeness (QED) is 0.448. The van der Waals surface area contributed by atoms with Gasteiger partial charge in [0.15, 0.2) is 0 Å². The molecule has 0 aliphatic carbocycles. The van der Waals surface area contributed by atoms with E-state index in [1.807, 2.05) is 0 Å². The van der Waals surface area contributed by atoms with Gasteiger partial charge in [-0.15, -0.1) is 12.4 Å². The average Bonchev–Trinajstić information content (AvgIpc) is 2.56. The van der Waals surface area contributed by atoms with Gasteiger partial charge in [-0.1, -0.05) is 0 Å². The first-order valence-corrected chi connectivity index (χ1v) is 8.16. The third kappa shape index (κ3) is 3.17. The van der Waals surface area contributed by atoms with Crippen molar-refractivity contribution >= 4 is 34.9 Å². The van der Waals surface area contributed by atoms with Crippen LogP contribution in [0.4, 0.5) is 0 Å². The second-order valence-electron chi connectivity index (χ2n) is 4.85. The third-order valence-corrected chi connectivity index (χ3v) is 6.09. The molecule has 0 atom stereocenters. The Labute approximate surface area is 145 Å². The fourth-order valence-electron chi connectivity index (χ4n) is 2.56. The van der Waals surface area contributed by atoms with E-state index < -0.39 is 0 Å². The topological polar surface area (TPSA) is 0 Å². The first kappa shape index (κ1) is 16.1. The zero-order valence-corrected chi connectivity index (χ0v) is 15.2. The Hall–Kier alpha value is -1.25. The molecule has 2 heteroatoms. The van der Waals surface area contributed by atoms with Gasteiger partial charge >= 0.3 is 134 Å². The molecule has 0 N–H and O–H groups in total. The molecule has 0 spiro atoms. The van der Waals surface area contributed by atoms with Crippen molar-refractivity contribution in [1.29, 1.82) is 0 Å². The van der Waals surface area contributed by atoms with Gasteiger partial charge in [-0.05, 0) is 0 Å². The predicted octanol–water partition coefficient (Wildman–Crippen LogP) is 4.57. The van der Waals surface area contributed by atoms with Crippen molar-refractivity contribution in [3.8, 4) is 0 Å². The van der Waals surface area contributed by atoms with E-state index in [2.05, 4.69) is 91.0 Å². The molecule has 103 valence electrons. The molecule has 0 aromatic heterocycles. The maximum atomic E-state index is 2.23. The summed E-state index contributed by atoms with van der Waals surface area (Å²) in [4.78, 5) is 0. The van der Waals surface area contributed by atoms with Crippen LogP contribution in [0.25, 0.3) is 0 Å². The minimum atomic E-state index is -0.0312. The van der Waals surface area contributed by atoms with Gasteiger partial charge in [0, 0.05) is 0 Å². The molecule has 3 rings (SSSR count). The molecular weight excluding hydrogens is 382 g/mol. The Balaban J connectivity index is 0.00000161. The van der Waals surface area contributed by atoms with E-state index >= 15 is 0 Å². The van der Waals surface area contributed by atoms with Crippen LogP contribution < -0.4 is 0 Å². The second kappa shape index (κ2) is 7.15. The third-order valence-electron chi connectivity index (χ3n) is 3.62. The monoisotopic (exact) mass is 399 g/mol. The normalized spacial score (nSPS) is 10.7. The summed E-state index contributed by atoms with van der Waals surface area (Å²) < 4.78 is -0.0312. The Morgan fingerprint density at radius 2 is 0.714 bits per heavy atom. The molecule has 3 aromatic carbocycles. The fourth-order valence-corrected chi connectivity index (χ4v) is 3.99. The van der Waals surface area contributed by atoms with Crippen LogP contribution in [0.15, 0.2) is 91.0 Å². The summed E-state index contributed by atoms with van der Waals surface area (Å²) in [7, 11) is 0. The minimum absolute atomic E-state index is 0. The molecule has 0 nitrogen and oxygen atoms in total. The summed E-state index contributed by atoms with van der Waals surface area (Å²) in [5, 5.41) is 0. The molecule has 0 unspecified atom stereocenters. The van der Waals surface area contributed by atoms with E-state index in [9.17, 15) is 0 Å².